The molecule has 0 saturated carbocycles. The van der Waals surface area contributed by atoms with Crippen molar-refractivity contribution in [1.82, 2.24) is 20.2 Å². The lowest BCUT2D eigenvalue weighted by atomic mass is 9.93. The largest absolute Gasteiger partial charge is 0.387 e. The average Bonchev–Trinajstić information content (AvgIpc) is 3.52. The highest BCUT2D eigenvalue weighted by Crippen LogP contribution is 2.32. The number of β-amino-alcohol motifs (C(OH)–C–C–N with tert-alkyl or cyclic N) is 1. The van der Waals surface area contributed by atoms with E-state index in [1.54, 1.807) is 0 Å². The number of aliphatic hydroxyl groups excluding tert-OH is 1. The molecule has 182 valence electrons. The standard InChI is InChI=1S/C28H32N4O3/c1-3-8-20-9-7-16-32(17-20)18-24(33)21-12-14-23(15-13-21)27-29-28(35-31-27)25-19(2)26(34-30-25)22-10-5-4-6-11-22/h4-6,10-15,20,24,33H,3,7-9,16-18H2,1-2H3/t20-,24?/m0/s1. The van der Waals surface area contributed by atoms with Crippen molar-refractivity contribution in [2.24, 2.45) is 5.92 Å². The Kier molecular flexibility index (Phi) is 7.06. The van der Waals surface area contributed by atoms with Gasteiger partial charge in [0.25, 0.3) is 5.89 Å². The average molecular weight is 473 g/mol. The Morgan fingerprint density at radius 1 is 1.03 bits per heavy atom. The van der Waals surface area contributed by atoms with Gasteiger partial charge in [-0.3, -0.25) is 0 Å². The third-order valence-corrected chi connectivity index (χ3v) is 6.87. The van der Waals surface area contributed by atoms with Crippen molar-refractivity contribution in [2.75, 3.05) is 19.6 Å². The summed E-state index contributed by atoms with van der Waals surface area (Å²) >= 11 is 0. The fourth-order valence-electron chi connectivity index (χ4n) is 5.00. The normalized spacial score (nSPS) is 17.5. The topological polar surface area (TPSA) is 88.4 Å². The van der Waals surface area contributed by atoms with Crippen LogP contribution in [0.25, 0.3) is 34.3 Å². The summed E-state index contributed by atoms with van der Waals surface area (Å²) in [5.74, 6) is 2.24. The Labute approximate surface area is 205 Å². The van der Waals surface area contributed by atoms with Crippen molar-refractivity contribution < 1.29 is 14.2 Å². The first kappa shape index (κ1) is 23.5. The molecule has 2 atom stereocenters. The fourth-order valence-corrected chi connectivity index (χ4v) is 5.00. The molecule has 1 N–H and O–H groups in total. The van der Waals surface area contributed by atoms with Crippen molar-refractivity contribution in [3.8, 4) is 34.3 Å². The molecule has 7 heteroatoms. The third kappa shape index (κ3) is 5.21. The van der Waals surface area contributed by atoms with Crippen LogP contribution in [-0.4, -0.2) is 44.9 Å². The van der Waals surface area contributed by atoms with Crippen LogP contribution in [0.15, 0.2) is 63.6 Å². The predicted molar refractivity (Wildman–Crippen MR) is 134 cm³/mol. The van der Waals surface area contributed by atoms with Gasteiger partial charge in [-0.25, -0.2) is 0 Å². The second kappa shape index (κ2) is 10.5. The van der Waals surface area contributed by atoms with Crippen molar-refractivity contribution in [2.45, 2.75) is 45.6 Å². The monoisotopic (exact) mass is 472 g/mol. The second-order valence-electron chi connectivity index (χ2n) is 9.47. The minimum absolute atomic E-state index is 0.319. The predicted octanol–water partition coefficient (Wildman–Crippen LogP) is 5.91. The SMILES string of the molecule is CCC[C@H]1CCCN(CC(O)c2ccc(-c3noc(-c4noc(-c5ccccc5)c4C)n3)cc2)C1. The molecule has 1 saturated heterocycles. The van der Waals surface area contributed by atoms with E-state index in [9.17, 15) is 5.11 Å². The molecular weight excluding hydrogens is 440 g/mol. The molecule has 0 radical (unpaired) electrons. The van der Waals surface area contributed by atoms with Gasteiger partial charge in [-0.1, -0.05) is 78.3 Å². The molecule has 2 aromatic heterocycles. The molecule has 35 heavy (non-hydrogen) atoms. The molecule has 1 fully saturated rings. The number of hydrogen-bond donors (Lipinski definition) is 1. The molecule has 1 aliphatic rings. The van der Waals surface area contributed by atoms with Gasteiger partial charge in [-0.2, -0.15) is 4.98 Å². The maximum atomic E-state index is 10.8. The minimum atomic E-state index is -0.514. The van der Waals surface area contributed by atoms with Crippen LogP contribution in [0.1, 0.15) is 49.8 Å². The molecular formula is C28H32N4O3. The first-order valence-electron chi connectivity index (χ1n) is 12.5. The van der Waals surface area contributed by atoms with Crippen LogP contribution < -0.4 is 0 Å². The van der Waals surface area contributed by atoms with Crippen LogP contribution in [0.5, 0.6) is 0 Å². The Hall–Kier alpha value is -3.29. The van der Waals surface area contributed by atoms with Crippen LogP contribution in [0.2, 0.25) is 0 Å². The lowest BCUT2D eigenvalue weighted by Gasteiger charge is -2.34. The van der Waals surface area contributed by atoms with E-state index in [-0.39, 0.29) is 0 Å². The molecule has 5 rings (SSSR count). The Bertz CT molecular complexity index is 1230. The van der Waals surface area contributed by atoms with E-state index in [4.69, 9.17) is 9.05 Å². The number of nitrogens with zero attached hydrogens (tertiary/aromatic N) is 4. The van der Waals surface area contributed by atoms with Gasteiger partial charge in [0.1, 0.15) is 0 Å². The van der Waals surface area contributed by atoms with Crippen LogP contribution in [0.3, 0.4) is 0 Å². The molecule has 1 aliphatic heterocycles. The summed E-state index contributed by atoms with van der Waals surface area (Å²) in [6.45, 7) is 7.00. The van der Waals surface area contributed by atoms with Crippen molar-refractivity contribution >= 4 is 0 Å². The highest BCUT2D eigenvalue weighted by Gasteiger charge is 2.23. The third-order valence-electron chi connectivity index (χ3n) is 6.87. The summed E-state index contributed by atoms with van der Waals surface area (Å²) in [7, 11) is 0. The van der Waals surface area contributed by atoms with E-state index in [1.807, 2.05) is 61.5 Å². The van der Waals surface area contributed by atoms with Gasteiger partial charge >= 0.3 is 0 Å². The van der Waals surface area contributed by atoms with Crippen molar-refractivity contribution in [1.29, 1.82) is 0 Å². The number of likely N-dealkylation sites (tertiary alicyclic amines) is 1. The highest BCUT2D eigenvalue weighted by molar-refractivity contribution is 5.69. The molecule has 1 unspecified atom stereocenters. The van der Waals surface area contributed by atoms with E-state index < -0.39 is 6.10 Å². The number of benzene rings is 2. The van der Waals surface area contributed by atoms with Crippen LogP contribution in [0, 0.1) is 12.8 Å². The molecule has 4 aromatic rings. The number of rotatable bonds is 8. The molecule has 0 amide bonds. The van der Waals surface area contributed by atoms with Crippen LogP contribution >= 0.6 is 0 Å². The number of piperidine rings is 1. The molecule has 0 bridgehead atoms. The Morgan fingerprint density at radius 2 is 1.83 bits per heavy atom. The maximum Gasteiger partial charge on any atom is 0.280 e. The first-order valence-corrected chi connectivity index (χ1v) is 12.5. The zero-order chi connectivity index (χ0) is 24.2. The van der Waals surface area contributed by atoms with Gasteiger partial charge in [-0.15, -0.1) is 0 Å². The molecule has 0 spiro atoms. The van der Waals surface area contributed by atoms with E-state index in [0.29, 0.717) is 29.7 Å². The summed E-state index contributed by atoms with van der Waals surface area (Å²) in [4.78, 5) is 6.94. The quantitative estimate of drug-likeness (QED) is 0.341. The van der Waals surface area contributed by atoms with Gasteiger partial charge in [-0.05, 0) is 44.2 Å². The fraction of sp³-hybridized carbons (Fsp3) is 0.393. The second-order valence-corrected chi connectivity index (χ2v) is 9.47. The maximum absolute atomic E-state index is 10.8. The lowest BCUT2D eigenvalue weighted by molar-refractivity contribution is 0.0825. The highest BCUT2D eigenvalue weighted by atomic mass is 16.5. The number of hydrogen-bond acceptors (Lipinski definition) is 7. The summed E-state index contributed by atoms with van der Waals surface area (Å²) in [5.41, 5.74) is 4.06. The van der Waals surface area contributed by atoms with E-state index in [1.165, 1.54) is 25.7 Å². The van der Waals surface area contributed by atoms with Gasteiger partial charge < -0.3 is 19.1 Å². The number of aliphatic hydroxyl groups is 1. The summed E-state index contributed by atoms with van der Waals surface area (Å²) in [6.07, 6.45) is 4.51. The molecule has 0 aliphatic carbocycles. The zero-order valence-electron chi connectivity index (χ0n) is 20.4. The van der Waals surface area contributed by atoms with Gasteiger partial charge in [0.05, 0.1) is 6.10 Å². The Morgan fingerprint density at radius 3 is 2.60 bits per heavy atom. The molecule has 3 heterocycles. The first-order chi connectivity index (χ1) is 17.1. The van der Waals surface area contributed by atoms with Crippen molar-refractivity contribution in [3.63, 3.8) is 0 Å². The minimum Gasteiger partial charge on any atom is -0.387 e. The summed E-state index contributed by atoms with van der Waals surface area (Å²) in [6, 6.07) is 17.6. The lowest BCUT2D eigenvalue weighted by Crippen LogP contribution is -2.38. The van der Waals surface area contributed by atoms with Crippen molar-refractivity contribution in [3.05, 3.63) is 65.7 Å². The molecule has 7 nitrogen and oxygen atoms in total. The Balaban J connectivity index is 1.26. The summed E-state index contributed by atoms with van der Waals surface area (Å²) in [5, 5.41) is 19.1. The molecule has 2 aromatic carbocycles. The number of aromatic nitrogens is 3. The zero-order valence-corrected chi connectivity index (χ0v) is 20.4. The van der Waals surface area contributed by atoms with E-state index >= 15 is 0 Å². The van der Waals surface area contributed by atoms with Gasteiger partial charge in [0, 0.05) is 29.8 Å². The van der Waals surface area contributed by atoms with Crippen LogP contribution in [-0.2, 0) is 0 Å². The van der Waals surface area contributed by atoms with Gasteiger partial charge in [0.15, 0.2) is 11.5 Å². The van der Waals surface area contributed by atoms with E-state index in [0.717, 1.165) is 41.3 Å². The van der Waals surface area contributed by atoms with E-state index in [2.05, 4.69) is 27.1 Å². The van der Waals surface area contributed by atoms with Gasteiger partial charge in [0.2, 0.25) is 5.82 Å². The summed E-state index contributed by atoms with van der Waals surface area (Å²) < 4.78 is 11.1. The smallest absolute Gasteiger partial charge is 0.280 e. The van der Waals surface area contributed by atoms with Crippen LogP contribution in [0.4, 0.5) is 0 Å².